The van der Waals surface area contributed by atoms with Gasteiger partial charge < -0.3 is 14.4 Å². The van der Waals surface area contributed by atoms with Gasteiger partial charge in [-0.05, 0) is 50.8 Å². The molecular formula is C17H26NO3+. The average Bonchev–Trinajstić information content (AvgIpc) is 2.46. The summed E-state index contributed by atoms with van der Waals surface area (Å²) in [6, 6.07) is 7.67. The molecule has 1 aromatic rings. The predicted molar refractivity (Wildman–Crippen MR) is 81.6 cm³/mol. The second kappa shape index (κ2) is 8.03. The molecule has 1 N–H and O–H groups in total. The summed E-state index contributed by atoms with van der Waals surface area (Å²) in [7, 11) is 0. The smallest absolute Gasteiger partial charge is 0.344 e. The minimum atomic E-state index is -0.291. The van der Waals surface area contributed by atoms with Gasteiger partial charge in [0.2, 0.25) is 0 Å². The van der Waals surface area contributed by atoms with Gasteiger partial charge in [0.15, 0.2) is 6.61 Å². The van der Waals surface area contributed by atoms with Crippen molar-refractivity contribution in [1.29, 1.82) is 0 Å². The number of piperidine rings is 1. The lowest BCUT2D eigenvalue weighted by atomic mass is 10.1. The van der Waals surface area contributed by atoms with Crippen molar-refractivity contribution < 1.29 is 19.2 Å². The quantitative estimate of drug-likeness (QED) is 0.805. The highest BCUT2D eigenvalue weighted by Gasteiger charge is 2.19. The van der Waals surface area contributed by atoms with Crippen molar-refractivity contribution in [2.24, 2.45) is 0 Å². The maximum atomic E-state index is 11.8. The number of quaternary nitrogens is 1. The number of likely N-dealkylation sites (tertiary alicyclic amines) is 1. The lowest BCUT2D eigenvalue weighted by Crippen LogP contribution is -3.13. The molecule has 0 bridgehead atoms. The Kier molecular flexibility index (Phi) is 6.05. The second-order valence-corrected chi connectivity index (χ2v) is 5.92. The van der Waals surface area contributed by atoms with E-state index in [0.717, 1.165) is 12.1 Å². The number of ether oxygens (including phenoxy) is 2. The molecule has 0 saturated carbocycles. The second-order valence-electron chi connectivity index (χ2n) is 5.92. The lowest BCUT2D eigenvalue weighted by Gasteiger charge is -2.26. The third kappa shape index (κ3) is 5.76. The van der Waals surface area contributed by atoms with Crippen LogP contribution in [-0.2, 0) is 9.53 Å². The molecule has 4 heteroatoms. The summed E-state index contributed by atoms with van der Waals surface area (Å²) in [5.74, 6) is 0.418. The van der Waals surface area contributed by atoms with Crippen LogP contribution in [0.15, 0.2) is 24.3 Å². The number of aryl methyl sites for hydroxylation is 1. The van der Waals surface area contributed by atoms with E-state index in [9.17, 15) is 4.79 Å². The standard InChI is InChI=1S/C17H25NO3/c1-14-7-6-8-16(11-14)20-13-17(19)21-15(2)12-18-9-4-3-5-10-18/h6-8,11,15H,3-5,9-10,12-13H2,1-2H3/p+1/t15-/m1/s1. The number of benzene rings is 1. The zero-order valence-electron chi connectivity index (χ0n) is 13.1. The van der Waals surface area contributed by atoms with E-state index in [1.807, 2.05) is 38.1 Å². The first-order valence-corrected chi connectivity index (χ1v) is 7.86. The maximum absolute atomic E-state index is 11.8. The van der Waals surface area contributed by atoms with Gasteiger partial charge in [-0.1, -0.05) is 12.1 Å². The molecule has 1 fully saturated rings. The van der Waals surface area contributed by atoms with Crippen LogP contribution in [0.3, 0.4) is 0 Å². The Balaban J connectivity index is 1.68. The Morgan fingerprint density at radius 3 is 2.76 bits per heavy atom. The molecule has 1 atom stereocenters. The summed E-state index contributed by atoms with van der Waals surface area (Å²) in [4.78, 5) is 13.3. The molecule has 1 heterocycles. The number of nitrogens with one attached hydrogen (secondary N) is 1. The zero-order chi connectivity index (χ0) is 15.1. The van der Waals surface area contributed by atoms with E-state index < -0.39 is 0 Å². The van der Waals surface area contributed by atoms with E-state index in [0.29, 0.717) is 5.75 Å². The van der Waals surface area contributed by atoms with Crippen LogP contribution in [0.2, 0.25) is 0 Å². The Labute approximate surface area is 127 Å². The van der Waals surface area contributed by atoms with Crippen LogP contribution in [0.25, 0.3) is 0 Å². The SMILES string of the molecule is Cc1cccc(OCC(=O)O[C@H](C)C[NH+]2CCCCC2)c1. The van der Waals surface area contributed by atoms with Crippen LogP contribution in [0.4, 0.5) is 0 Å². The fourth-order valence-electron chi connectivity index (χ4n) is 2.81. The van der Waals surface area contributed by atoms with E-state index >= 15 is 0 Å². The number of hydrogen-bond acceptors (Lipinski definition) is 3. The summed E-state index contributed by atoms with van der Waals surface area (Å²) in [5, 5.41) is 0. The van der Waals surface area contributed by atoms with Crippen molar-refractivity contribution in [1.82, 2.24) is 0 Å². The molecule has 0 amide bonds. The first-order chi connectivity index (χ1) is 10.1. The maximum Gasteiger partial charge on any atom is 0.344 e. The monoisotopic (exact) mass is 292 g/mol. The average molecular weight is 292 g/mol. The summed E-state index contributed by atoms with van der Waals surface area (Å²) >= 11 is 0. The molecule has 4 nitrogen and oxygen atoms in total. The number of carbonyl (C=O) groups excluding carboxylic acids is 1. The van der Waals surface area contributed by atoms with Crippen LogP contribution in [0, 0.1) is 6.92 Å². The number of hydrogen-bond donors (Lipinski definition) is 1. The van der Waals surface area contributed by atoms with Gasteiger partial charge in [-0.25, -0.2) is 4.79 Å². The van der Waals surface area contributed by atoms with Crippen molar-refractivity contribution in [3.8, 4) is 5.75 Å². The molecule has 1 aliphatic rings. The molecule has 0 aromatic heterocycles. The van der Waals surface area contributed by atoms with Gasteiger partial charge in [0.25, 0.3) is 0 Å². The van der Waals surface area contributed by atoms with Gasteiger partial charge in [0, 0.05) is 0 Å². The van der Waals surface area contributed by atoms with E-state index in [-0.39, 0.29) is 18.7 Å². The molecule has 21 heavy (non-hydrogen) atoms. The molecule has 2 rings (SSSR count). The third-order valence-electron chi connectivity index (χ3n) is 3.82. The van der Waals surface area contributed by atoms with E-state index in [2.05, 4.69) is 0 Å². The molecular weight excluding hydrogens is 266 g/mol. The van der Waals surface area contributed by atoms with Gasteiger partial charge in [-0.15, -0.1) is 0 Å². The zero-order valence-corrected chi connectivity index (χ0v) is 13.1. The summed E-state index contributed by atoms with van der Waals surface area (Å²) in [6.45, 7) is 7.23. The Bertz CT molecular complexity index is 455. The molecule has 0 radical (unpaired) electrons. The molecule has 1 saturated heterocycles. The fourth-order valence-corrected chi connectivity index (χ4v) is 2.81. The first-order valence-electron chi connectivity index (χ1n) is 7.86. The van der Waals surface area contributed by atoms with Crippen molar-refractivity contribution in [2.45, 2.75) is 39.2 Å². The highest BCUT2D eigenvalue weighted by molar-refractivity contribution is 5.71. The minimum absolute atomic E-state index is 0.0247. The first kappa shape index (κ1) is 15.8. The van der Waals surface area contributed by atoms with Crippen LogP contribution in [0.5, 0.6) is 5.75 Å². The van der Waals surface area contributed by atoms with Gasteiger partial charge in [0.1, 0.15) is 18.4 Å². The Hall–Kier alpha value is -1.55. The molecule has 0 unspecified atom stereocenters. The largest absolute Gasteiger partial charge is 0.482 e. The summed E-state index contributed by atoms with van der Waals surface area (Å²) in [6.07, 6.45) is 3.85. The number of esters is 1. The Morgan fingerprint density at radius 2 is 2.05 bits per heavy atom. The van der Waals surface area contributed by atoms with Gasteiger partial charge in [-0.2, -0.15) is 0 Å². The summed E-state index contributed by atoms with van der Waals surface area (Å²) in [5.41, 5.74) is 1.11. The van der Waals surface area contributed by atoms with E-state index in [1.54, 1.807) is 4.90 Å². The molecule has 1 aromatic carbocycles. The van der Waals surface area contributed by atoms with E-state index in [4.69, 9.17) is 9.47 Å². The fraction of sp³-hybridized carbons (Fsp3) is 0.588. The van der Waals surface area contributed by atoms with Gasteiger partial charge >= 0.3 is 5.97 Å². The van der Waals surface area contributed by atoms with Crippen molar-refractivity contribution in [2.75, 3.05) is 26.2 Å². The van der Waals surface area contributed by atoms with Gasteiger partial charge in [0.05, 0.1) is 13.1 Å². The number of rotatable bonds is 6. The van der Waals surface area contributed by atoms with Crippen LogP contribution in [0.1, 0.15) is 31.7 Å². The minimum Gasteiger partial charge on any atom is -0.482 e. The highest BCUT2D eigenvalue weighted by atomic mass is 16.6. The molecule has 116 valence electrons. The molecule has 0 spiro atoms. The molecule has 1 aliphatic heterocycles. The Morgan fingerprint density at radius 1 is 1.29 bits per heavy atom. The topological polar surface area (TPSA) is 40.0 Å². The lowest BCUT2D eigenvalue weighted by molar-refractivity contribution is -0.907. The van der Waals surface area contributed by atoms with Crippen molar-refractivity contribution in [3.05, 3.63) is 29.8 Å². The predicted octanol–water partition coefficient (Wildman–Crippen LogP) is 1.37. The van der Waals surface area contributed by atoms with Crippen molar-refractivity contribution in [3.63, 3.8) is 0 Å². The van der Waals surface area contributed by atoms with E-state index in [1.165, 1.54) is 32.4 Å². The van der Waals surface area contributed by atoms with Gasteiger partial charge in [-0.3, -0.25) is 0 Å². The van der Waals surface area contributed by atoms with Crippen LogP contribution < -0.4 is 9.64 Å². The van der Waals surface area contributed by atoms with Crippen molar-refractivity contribution >= 4 is 5.97 Å². The normalized spacial score (nSPS) is 17.2. The number of carbonyl (C=O) groups is 1. The third-order valence-corrected chi connectivity index (χ3v) is 3.82. The van der Waals surface area contributed by atoms with Crippen LogP contribution in [-0.4, -0.2) is 38.3 Å². The highest BCUT2D eigenvalue weighted by Crippen LogP contribution is 2.12. The molecule has 0 aliphatic carbocycles. The van der Waals surface area contributed by atoms with Crippen LogP contribution >= 0.6 is 0 Å². The summed E-state index contributed by atoms with van der Waals surface area (Å²) < 4.78 is 10.9.